The number of aliphatic carboxylic acids is 2. The lowest BCUT2D eigenvalue weighted by molar-refractivity contribution is -0.143. The molecule has 0 saturated heterocycles. The fourth-order valence-electron chi connectivity index (χ4n) is 7.84. The Hall–Kier alpha value is -7.60. The average molecular weight is 1180 g/mol. The number of carboxylic acid groups (broad SMARTS) is 2. The number of primary amides is 2. The third-order valence-corrected chi connectivity index (χ3v) is 13.6. The normalized spacial score (nSPS) is 14.8. The van der Waals surface area contributed by atoms with Crippen LogP contribution in [0.25, 0.3) is 0 Å². The molecule has 0 spiro atoms. The van der Waals surface area contributed by atoms with Crippen LogP contribution in [0.15, 0.2) is 24.3 Å². The molecule has 0 heterocycles. The van der Waals surface area contributed by atoms with Gasteiger partial charge >= 0.3 is 11.9 Å². The van der Waals surface area contributed by atoms with Gasteiger partial charge in [-0.05, 0) is 86.1 Å². The number of phenols is 1. The van der Waals surface area contributed by atoms with E-state index in [-0.39, 0.29) is 37.9 Å². The fraction of sp³-hybridized carbons (Fsp3) is 0.635. The van der Waals surface area contributed by atoms with Crippen molar-refractivity contribution < 1.29 is 77.6 Å². The molecule has 0 bridgehead atoms. The number of benzene rings is 1. The highest BCUT2D eigenvalue weighted by atomic mass is 32.2. The second-order valence-corrected chi connectivity index (χ2v) is 21.4. The number of rotatable bonds is 40. The Balaban J connectivity index is 3.36. The average Bonchev–Trinajstić information content (AvgIpc) is 3.40. The van der Waals surface area contributed by atoms with E-state index in [9.17, 15) is 77.6 Å². The molecule has 0 saturated carbocycles. The number of unbranched alkanes of at least 4 members (excludes halogenated alkanes) is 1. The number of phenolic OH excluding ortho intramolecular Hbond substituents is 1. The first-order valence-electron chi connectivity index (χ1n) is 26.9. The highest BCUT2D eigenvalue weighted by molar-refractivity contribution is 7.98. The van der Waals surface area contributed by atoms with Crippen molar-refractivity contribution in [3.63, 3.8) is 0 Å². The first-order chi connectivity index (χ1) is 38.4. The molecule has 1 aromatic carbocycles. The summed E-state index contributed by atoms with van der Waals surface area (Å²) >= 11 is 1.39. The van der Waals surface area contributed by atoms with Crippen molar-refractivity contribution in [3.8, 4) is 5.75 Å². The molecule has 1 aromatic rings. The molecular weight excluding hydrogens is 1090 g/mol. The van der Waals surface area contributed by atoms with E-state index in [1.165, 1.54) is 49.9 Å². The molecule has 11 amide bonds. The van der Waals surface area contributed by atoms with Gasteiger partial charge in [-0.15, -0.1) is 0 Å². The lowest BCUT2D eigenvalue weighted by Crippen LogP contribution is -2.61. The predicted molar refractivity (Wildman–Crippen MR) is 300 cm³/mol. The number of amides is 11. The van der Waals surface area contributed by atoms with Crippen molar-refractivity contribution in [1.29, 1.82) is 0 Å². The number of thioether (sulfide) groups is 1. The number of carboxylic acids is 2. The van der Waals surface area contributed by atoms with E-state index in [1.807, 2.05) is 0 Å². The quantitative estimate of drug-likeness (QED) is 0.0285. The molecule has 10 atom stereocenters. The summed E-state index contributed by atoms with van der Waals surface area (Å²) < 4.78 is 0. The fourth-order valence-corrected chi connectivity index (χ4v) is 8.31. The maximum atomic E-state index is 14.0. The van der Waals surface area contributed by atoms with E-state index < -0.39 is 175 Å². The number of carbonyl (C=O) groups is 13. The van der Waals surface area contributed by atoms with Gasteiger partial charge in [-0.25, -0.2) is 4.79 Å². The van der Waals surface area contributed by atoms with E-state index in [4.69, 9.17) is 22.9 Å². The van der Waals surface area contributed by atoms with Crippen molar-refractivity contribution in [2.45, 2.75) is 167 Å². The molecule has 1 rings (SSSR count). The number of carbonyl (C=O) groups excluding carboxylic acids is 11. The first kappa shape index (κ1) is 72.4. The van der Waals surface area contributed by atoms with Crippen LogP contribution in [0.5, 0.6) is 5.75 Å². The lowest BCUT2D eigenvalue weighted by Gasteiger charge is -2.29. The van der Waals surface area contributed by atoms with Crippen molar-refractivity contribution in [2.75, 3.05) is 25.1 Å². The summed E-state index contributed by atoms with van der Waals surface area (Å²) in [7, 11) is 0. The Morgan fingerprint density at radius 1 is 0.549 bits per heavy atom. The van der Waals surface area contributed by atoms with E-state index in [0.29, 0.717) is 37.1 Å². The molecule has 0 aliphatic carbocycles. The molecule has 0 aliphatic heterocycles. The minimum absolute atomic E-state index is 0.121. The predicted octanol–water partition coefficient (Wildman–Crippen LogP) is -3.41. The Morgan fingerprint density at radius 3 is 1.49 bits per heavy atom. The molecular formula is C52H85N13O16S. The van der Waals surface area contributed by atoms with Crippen LogP contribution >= 0.6 is 11.8 Å². The van der Waals surface area contributed by atoms with E-state index in [0.717, 1.165) is 0 Å². The van der Waals surface area contributed by atoms with Crippen molar-refractivity contribution in [1.82, 2.24) is 47.9 Å². The monoisotopic (exact) mass is 1180 g/mol. The Kier molecular flexibility index (Phi) is 33.0. The number of nitrogens with two attached hydrogens (primary N) is 4. The zero-order valence-electron chi connectivity index (χ0n) is 47.5. The zero-order chi connectivity index (χ0) is 62.4. The third-order valence-electron chi connectivity index (χ3n) is 12.9. The molecule has 82 heavy (non-hydrogen) atoms. The van der Waals surface area contributed by atoms with Crippen LogP contribution in [0, 0.1) is 17.8 Å². The van der Waals surface area contributed by atoms with Gasteiger partial charge in [0.05, 0.1) is 19.0 Å². The van der Waals surface area contributed by atoms with Gasteiger partial charge in [-0.2, -0.15) is 11.8 Å². The van der Waals surface area contributed by atoms with Crippen LogP contribution in [0.1, 0.15) is 111 Å². The molecule has 30 heteroatoms. The van der Waals surface area contributed by atoms with Gasteiger partial charge in [0.15, 0.2) is 0 Å². The van der Waals surface area contributed by atoms with Crippen LogP contribution in [-0.4, -0.2) is 172 Å². The SMILES string of the molecule is CC[C@H](C)[C@H](NC(=O)[C@@H](NC(=O)[C@H](CCC(N)=O)NC(=O)[C@H](CCSC)NC(=O)[C@@H](N)CCCCN)C(C)C)C(=O)NCC(=O)N[C@@H](CC(=O)O)C(=O)N[C@@H](CCC(N)=O)C(=O)N[C@@H](Cc1ccc(O)cc1)C(=O)N[C@H](C(=O)O)C(C)C. The molecule has 0 unspecified atom stereocenters. The number of hydrogen-bond donors (Lipinski definition) is 16. The standard InChI is InChI=1S/C52H85N13O16S/c1-8-28(6)43(65-51(79)41(26(2)3)63-47(75)33(17-19-38(56)68)60-46(74)34(20-22-82-7)59-44(72)31(54)11-9-10-21-53)50(78)57-25-39(69)58-36(24-40(70)71)48(76)61-32(16-18-37(55)67)45(73)62-35(23-29-12-14-30(66)15-13-29)49(77)64-42(27(4)5)52(80)81/h12-15,26-28,31-36,41-43,66H,8-11,16-25,53-54H2,1-7H3,(H2,55,67)(H2,56,68)(H,57,78)(H,58,69)(H,59,72)(H,60,74)(H,61,76)(H,62,73)(H,63,75)(H,64,77)(H,65,79)(H,70,71)(H,80,81)/t28-,31-,32-,33-,34-,35-,36-,41-,42-,43-/m0/s1. The molecule has 0 aromatic heterocycles. The van der Waals surface area contributed by atoms with Gasteiger partial charge in [0.2, 0.25) is 65.0 Å². The second kappa shape index (κ2) is 37.4. The molecule has 20 N–H and O–H groups in total. The summed E-state index contributed by atoms with van der Waals surface area (Å²) in [5.74, 6) is -14.8. The van der Waals surface area contributed by atoms with Crippen molar-refractivity contribution in [2.24, 2.45) is 40.7 Å². The molecule has 29 nitrogen and oxygen atoms in total. The molecule has 460 valence electrons. The Morgan fingerprint density at radius 2 is 1.01 bits per heavy atom. The summed E-state index contributed by atoms with van der Waals surface area (Å²) in [6.45, 7) is 9.01. The van der Waals surface area contributed by atoms with Crippen LogP contribution in [0.4, 0.5) is 0 Å². The molecule has 0 fully saturated rings. The number of nitrogens with one attached hydrogen (secondary N) is 9. The summed E-state index contributed by atoms with van der Waals surface area (Å²) in [4.78, 5) is 171. The number of hydrogen-bond acceptors (Lipinski definition) is 17. The number of aromatic hydroxyl groups is 1. The van der Waals surface area contributed by atoms with Gasteiger partial charge in [-0.3, -0.25) is 57.5 Å². The van der Waals surface area contributed by atoms with Gasteiger partial charge in [0.1, 0.15) is 54.1 Å². The van der Waals surface area contributed by atoms with Crippen LogP contribution in [0.2, 0.25) is 0 Å². The van der Waals surface area contributed by atoms with Crippen LogP contribution < -0.4 is 70.8 Å². The van der Waals surface area contributed by atoms with E-state index >= 15 is 0 Å². The summed E-state index contributed by atoms with van der Waals surface area (Å²) in [5.41, 5.74) is 22.7. The Bertz CT molecular complexity index is 2360. The molecule has 0 radical (unpaired) electrons. The largest absolute Gasteiger partial charge is 0.508 e. The smallest absolute Gasteiger partial charge is 0.326 e. The van der Waals surface area contributed by atoms with Gasteiger partial charge in [0, 0.05) is 19.3 Å². The zero-order valence-corrected chi connectivity index (χ0v) is 48.3. The van der Waals surface area contributed by atoms with Crippen LogP contribution in [0.3, 0.4) is 0 Å². The van der Waals surface area contributed by atoms with Crippen molar-refractivity contribution in [3.05, 3.63) is 29.8 Å². The van der Waals surface area contributed by atoms with Gasteiger partial charge in [0.25, 0.3) is 0 Å². The molecule has 0 aliphatic rings. The van der Waals surface area contributed by atoms with E-state index in [1.54, 1.807) is 34.0 Å². The summed E-state index contributed by atoms with van der Waals surface area (Å²) in [6, 6.07) is -7.40. The Labute approximate surface area is 480 Å². The van der Waals surface area contributed by atoms with Gasteiger partial charge < -0.3 is 86.1 Å². The van der Waals surface area contributed by atoms with Crippen LogP contribution in [-0.2, 0) is 68.7 Å². The minimum atomic E-state index is -1.93. The summed E-state index contributed by atoms with van der Waals surface area (Å²) in [5, 5.41) is 51.1. The maximum absolute atomic E-state index is 14.0. The highest BCUT2D eigenvalue weighted by Gasteiger charge is 2.37. The second-order valence-electron chi connectivity index (χ2n) is 20.4. The van der Waals surface area contributed by atoms with Crippen molar-refractivity contribution >= 4 is 88.7 Å². The minimum Gasteiger partial charge on any atom is -0.508 e. The lowest BCUT2D eigenvalue weighted by atomic mass is 9.96. The maximum Gasteiger partial charge on any atom is 0.326 e. The topological polar surface area (TPSA) is 495 Å². The third kappa shape index (κ3) is 27.2. The van der Waals surface area contributed by atoms with Gasteiger partial charge in [-0.1, -0.05) is 66.5 Å². The highest BCUT2D eigenvalue weighted by Crippen LogP contribution is 2.15. The summed E-state index contributed by atoms with van der Waals surface area (Å²) in [6.07, 6.45) is 0.682. The first-order valence-corrected chi connectivity index (χ1v) is 28.3. The van der Waals surface area contributed by atoms with E-state index in [2.05, 4.69) is 47.9 Å².